The summed E-state index contributed by atoms with van der Waals surface area (Å²) >= 11 is 0. The van der Waals surface area contributed by atoms with Gasteiger partial charge in [-0.25, -0.2) is 8.78 Å². The fourth-order valence-corrected chi connectivity index (χ4v) is 3.58. The molecule has 4 rings (SSSR count). The third kappa shape index (κ3) is 3.49. The molecule has 146 valence electrons. The number of anilines is 2. The Labute approximate surface area is 166 Å². The first kappa shape index (κ1) is 18.8. The van der Waals surface area contributed by atoms with Gasteiger partial charge in [-0.1, -0.05) is 24.3 Å². The summed E-state index contributed by atoms with van der Waals surface area (Å²) in [5.74, 6) is -2.53. The molecule has 3 aromatic carbocycles. The van der Waals surface area contributed by atoms with Gasteiger partial charge in [-0.15, -0.1) is 0 Å². The van der Waals surface area contributed by atoms with Crippen LogP contribution in [0.4, 0.5) is 20.2 Å². The lowest BCUT2D eigenvalue weighted by molar-refractivity contribution is 0.0978. The van der Waals surface area contributed by atoms with E-state index in [4.69, 9.17) is 0 Å². The average Bonchev–Trinajstić information content (AvgIpc) is 3.06. The second kappa shape index (κ2) is 7.47. The minimum atomic E-state index is -0.855. The standard InChI is InChI=1S/C23H18F2N2O2/c1-14-13-17-5-2-3-8-20(17)27(14)23(29)16-11-9-15(10-12-16)22(28)26-21-18(24)6-4-7-19(21)25/h2-12,14H,13H2,1H3,(H,26,28). The molecule has 4 nitrogen and oxygen atoms in total. The summed E-state index contributed by atoms with van der Waals surface area (Å²) < 4.78 is 27.4. The zero-order valence-electron chi connectivity index (χ0n) is 15.7. The Morgan fingerprint density at radius 3 is 2.21 bits per heavy atom. The minimum absolute atomic E-state index is 0.0342. The Balaban J connectivity index is 1.54. The first-order valence-corrected chi connectivity index (χ1v) is 9.22. The first-order valence-electron chi connectivity index (χ1n) is 9.22. The highest BCUT2D eigenvalue weighted by atomic mass is 19.1. The zero-order valence-corrected chi connectivity index (χ0v) is 15.7. The summed E-state index contributed by atoms with van der Waals surface area (Å²) in [5, 5.41) is 2.23. The lowest BCUT2D eigenvalue weighted by Gasteiger charge is -2.23. The van der Waals surface area contributed by atoms with Gasteiger partial charge in [0.2, 0.25) is 0 Å². The largest absolute Gasteiger partial charge is 0.317 e. The number of hydrogen-bond donors (Lipinski definition) is 1. The molecule has 1 N–H and O–H groups in total. The lowest BCUT2D eigenvalue weighted by Crippen LogP contribution is -2.35. The number of nitrogens with one attached hydrogen (secondary N) is 1. The van der Waals surface area contributed by atoms with Crippen molar-refractivity contribution in [1.29, 1.82) is 0 Å². The van der Waals surface area contributed by atoms with Gasteiger partial charge in [-0.05, 0) is 61.4 Å². The molecule has 0 bridgehead atoms. The minimum Gasteiger partial charge on any atom is -0.317 e. The molecule has 1 aliphatic rings. The van der Waals surface area contributed by atoms with Gasteiger partial charge in [-0.3, -0.25) is 9.59 Å². The molecule has 29 heavy (non-hydrogen) atoms. The number of halogens is 2. The van der Waals surface area contributed by atoms with E-state index in [0.717, 1.165) is 29.8 Å². The summed E-state index contributed by atoms with van der Waals surface area (Å²) in [6.07, 6.45) is 0.788. The van der Waals surface area contributed by atoms with Crippen molar-refractivity contribution in [2.75, 3.05) is 10.2 Å². The summed E-state index contributed by atoms with van der Waals surface area (Å²) in [6.45, 7) is 1.99. The van der Waals surface area contributed by atoms with Crippen LogP contribution in [-0.2, 0) is 6.42 Å². The van der Waals surface area contributed by atoms with Crippen molar-refractivity contribution >= 4 is 23.2 Å². The van der Waals surface area contributed by atoms with E-state index >= 15 is 0 Å². The molecular weight excluding hydrogens is 374 g/mol. The average molecular weight is 392 g/mol. The van der Waals surface area contributed by atoms with Gasteiger partial charge in [0.1, 0.15) is 17.3 Å². The van der Waals surface area contributed by atoms with Crippen LogP contribution < -0.4 is 10.2 Å². The van der Waals surface area contributed by atoms with E-state index in [0.29, 0.717) is 5.56 Å². The van der Waals surface area contributed by atoms with Crippen LogP contribution in [-0.4, -0.2) is 17.9 Å². The molecule has 0 saturated carbocycles. The molecule has 1 atom stereocenters. The number of fused-ring (bicyclic) bond motifs is 1. The quantitative estimate of drug-likeness (QED) is 0.696. The van der Waals surface area contributed by atoms with E-state index in [1.54, 1.807) is 17.0 Å². The third-order valence-electron chi connectivity index (χ3n) is 5.02. The van der Waals surface area contributed by atoms with Crippen LogP contribution >= 0.6 is 0 Å². The fraction of sp³-hybridized carbons (Fsp3) is 0.130. The van der Waals surface area contributed by atoms with Gasteiger partial charge in [0.25, 0.3) is 11.8 Å². The maximum atomic E-state index is 13.7. The summed E-state index contributed by atoms with van der Waals surface area (Å²) in [6, 6.07) is 17.2. The predicted molar refractivity (Wildman–Crippen MR) is 107 cm³/mol. The topological polar surface area (TPSA) is 49.4 Å². The highest BCUT2D eigenvalue weighted by Crippen LogP contribution is 2.33. The monoisotopic (exact) mass is 392 g/mol. The van der Waals surface area contributed by atoms with Gasteiger partial charge in [-0.2, -0.15) is 0 Å². The Hall–Kier alpha value is -3.54. The molecule has 0 aromatic heterocycles. The van der Waals surface area contributed by atoms with Crippen LogP contribution in [0.5, 0.6) is 0 Å². The van der Waals surface area contributed by atoms with Crippen molar-refractivity contribution in [3.8, 4) is 0 Å². The van der Waals surface area contributed by atoms with Crippen molar-refractivity contribution in [3.63, 3.8) is 0 Å². The second-order valence-corrected chi connectivity index (χ2v) is 6.99. The number of para-hydroxylation sites is 2. The predicted octanol–water partition coefficient (Wildman–Crippen LogP) is 4.81. The Morgan fingerprint density at radius 2 is 1.52 bits per heavy atom. The van der Waals surface area contributed by atoms with E-state index < -0.39 is 23.2 Å². The number of benzene rings is 3. The number of carbonyl (C=O) groups excluding carboxylic acids is 2. The normalized spacial score (nSPS) is 15.1. The number of hydrogen-bond acceptors (Lipinski definition) is 2. The van der Waals surface area contributed by atoms with Crippen molar-refractivity contribution in [2.24, 2.45) is 0 Å². The van der Waals surface area contributed by atoms with Gasteiger partial charge < -0.3 is 10.2 Å². The molecule has 6 heteroatoms. The maximum Gasteiger partial charge on any atom is 0.258 e. The van der Waals surface area contributed by atoms with Gasteiger partial charge >= 0.3 is 0 Å². The van der Waals surface area contributed by atoms with Crippen molar-refractivity contribution in [3.05, 3.63) is 95.1 Å². The Morgan fingerprint density at radius 1 is 0.897 bits per heavy atom. The van der Waals surface area contributed by atoms with Gasteiger partial charge in [0, 0.05) is 22.9 Å². The van der Waals surface area contributed by atoms with Crippen LogP contribution in [0.2, 0.25) is 0 Å². The van der Waals surface area contributed by atoms with Crippen molar-refractivity contribution in [2.45, 2.75) is 19.4 Å². The lowest BCUT2D eigenvalue weighted by atomic mass is 10.1. The zero-order chi connectivity index (χ0) is 20.5. The van der Waals surface area contributed by atoms with E-state index in [2.05, 4.69) is 5.32 Å². The fourth-order valence-electron chi connectivity index (χ4n) is 3.58. The van der Waals surface area contributed by atoms with Crippen LogP contribution in [0.25, 0.3) is 0 Å². The van der Waals surface area contributed by atoms with Crippen LogP contribution in [0, 0.1) is 11.6 Å². The van der Waals surface area contributed by atoms with Gasteiger partial charge in [0.05, 0.1) is 0 Å². The Kier molecular flexibility index (Phi) is 4.84. The highest BCUT2D eigenvalue weighted by molar-refractivity contribution is 6.09. The Bertz CT molecular complexity index is 1080. The summed E-state index contributed by atoms with van der Waals surface area (Å²) in [7, 11) is 0. The van der Waals surface area contributed by atoms with E-state index in [1.165, 1.54) is 18.2 Å². The SMILES string of the molecule is CC1Cc2ccccc2N1C(=O)c1ccc(C(=O)Nc2c(F)cccc2F)cc1. The molecule has 0 radical (unpaired) electrons. The number of amides is 2. The molecule has 2 amide bonds. The molecule has 1 heterocycles. The van der Waals surface area contributed by atoms with E-state index in [1.807, 2.05) is 31.2 Å². The molecule has 0 aliphatic carbocycles. The van der Waals surface area contributed by atoms with Crippen molar-refractivity contribution in [1.82, 2.24) is 0 Å². The highest BCUT2D eigenvalue weighted by Gasteiger charge is 2.31. The molecule has 1 unspecified atom stereocenters. The molecule has 0 saturated heterocycles. The molecule has 0 spiro atoms. The van der Waals surface area contributed by atoms with Crippen LogP contribution in [0.3, 0.4) is 0 Å². The molecule has 0 fully saturated rings. The molecule has 3 aromatic rings. The van der Waals surface area contributed by atoms with E-state index in [9.17, 15) is 18.4 Å². The molecule has 1 aliphatic heterocycles. The van der Waals surface area contributed by atoms with Crippen LogP contribution in [0.15, 0.2) is 66.7 Å². The van der Waals surface area contributed by atoms with Gasteiger partial charge in [0.15, 0.2) is 0 Å². The number of rotatable bonds is 3. The van der Waals surface area contributed by atoms with E-state index in [-0.39, 0.29) is 17.5 Å². The second-order valence-electron chi connectivity index (χ2n) is 6.99. The molecular formula is C23H18F2N2O2. The smallest absolute Gasteiger partial charge is 0.258 e. The third-order valence-corrected chi connectivity index (χ3v) is 5.02. The van der Waals surface area contributed by atoms with Crippen LogP contribution in [0.1, 0.15) is 33.2 Å². The summed E-state index contributed by atoms with van der Waals surface area (Å²) in [4.78, 5) is 27.1. The maximum absolute atomic E-state index is 13.7. The van der Waals surface area contributed by atoms with Crippen molar-refractivity contribution < 1.29 is 18.4 Å². The summed E-state index contributed by atoms with van der Waals surface area (Å²) in [5.41, 5.74) is 2.14. The number of nitrogens with zero attached hydrogens (tertiary/aromatic N) is 1. The first-order chi connectivity index (χ1) is 14.0. The number of carbonyl (C=O) groups is 2.